The van der Waals surface area contributed by atoms with Gasteiger partial charge in [-0.1, -0.05) is 18.2 Å². The standard InChI is InChI=1S/C11H17N3S/c1-7-6-8(2)14-11(13-7)15-10-5-3-4-9(10)12/h6,9-10H,3-5,12H2,1-2H3. The predicted octanol–water partition coefficient (Wildman–Crippen LogP) is 2.07. The molecule has 0 bridgehead atoms. The van der Waals surface area contributed by atoms with Gasteiger partial charge in [-0.15, -0.1) is 0 Å². The van der Waals surface area contributed by atoms with Crippen LogP contribution in [0, 0.1) is 13.8 Å². The highest BCUT2D eigenvalue weighted by Gasteiger charge is 2.25. The lowest BCUT2D eigenvalue weighted by atomic mass is 10.3. The molecule has 3 nitrogen and oxygen atoms in total. The third-order valence-corrected chi connectivity index (χ3v) is 4.00. The Morgan fingerprint density at radius 2 is 1.93 bits per heavy atom. The van der Waals surface area contributed by atoms with Crippen LogP contribution in [-0.2, 0) is 0 Å². The normalized spacial score (nSPS) is 25.8. The molecule has 2 unspecified atom stereocenters. The Labute approximate surface area is 94.9 Å². The Balaban J connectivity index is 2.10. The molecule has 1 saturated carbocycles. The summed E-state index contributed by atoms with van der Waals surface area (Å²) in [6, 6.07) is 2.32. The lowest BCUT2D eigenvalue weighted by molar-refractivity contribution is 0.713. The van der Waals surface area contributed by atoms with E-state index in [9.17, 15) is 0 Å². The molecule has 1 aromatic rings. The van der Waals surface area contributed by atoms with E-state index >= 15 is 0 Å². The Morgan fingerprint density at radius 1 is 1.27 bits per heavy atom. The molecule has 0 aliphatic heterocycles. The minimum absolute atomic E-state index is 0.319. The lowest BCUT2D eigenvalue weighted by Crippen LogP contribution is -2.26. The zero-order chi connectivity index (χ0) is 10.8. The van der Waals surface area contributed by atoms with E-state index in [2.05, 4.69) is 9.97 Å². The molecule has 0 radical (unpaired) electrons. The van der Waals surface area contributed by atoms with E-state index in [0.717, 1.165) is 23.0 Å². The molecule has 4 heteroatoms. The van der Waals surface area contributed by atoms with Gasteiger partial charge in [0.2, 0.25) is 0 Å². The maximum atomic E-state index is 6.03. The number of nitrogens with two attached hydrogens (primary N) is 1. The van der Waals surface area contributed by atoms with Crippen LogP contribution in [0.5, 0.6) is 0 Å². The van der Waals surface area contributed by atoms with E-state index in [-0.39, 0.29) is 0 Å². The number of hydrogen-bond acceptors (Lipinski definition) is 4. The van der Waals surface area contributed by atoms with Gasteiger partial charge in [-0.25, -0.2) is 9.97 Å². The van der Waals surface area contributed by atoms with Crippen molar-refractivity contribution in [1.29, 1.82) is 0 Å². The molecule has 82 valence electrons. The molecule has 2 rings (SSSR count). The average molecular weight is 223 g/mol. The SMILES string of the molecule is Cc1cc(C)nc(SC2CCCC2N)n1. The van der Waals surface area contributed by atoms with Crippen molar-refractivity contribution in [2.24, 2.45) is 5.73 Å². The van der Waals surface area contributed by atoms with Gasteiger partial charge in [0, 0.05) is 22.7 Å². The average Bonchev–Trinajstić information content (AvgIpc) is 2.50. The van der Waals surface area contributed by atoms with Gasteiger partial charge in [-0.2, -0.15) is 0 Å². The van der Waals surface area contributed by atoms with Crippen molar-refractivity contribution in [3.05, 3.63) is 17.5 Å². The number of hydrogen-bond donors (Lipinski definition) is 1. The summed E-state index contributed by atoms with van der Waals surface area (Å²) in [6.45, 7) is 4.01. The predicted molar refractivity (Wildman–Crippen MR) is 63.0 cm³/mol. The molecule has 2 N–H and O–H groups in total. The summed E-state index contributed by atoms with van der Waals surface area (Å²) < 4.78 is 0. The first-order chi connectivity index (χ1) is 7.15. The summed E-state index contributed by atoms with van der Waals surface area (Å²) in [5.41, 5.74) is 8.10. The third-order valence-electron chi connectivity index (χ3n) is 2.72. The number of rotatable bonds is 2. The number of nitrogens with zero attached hydrogens (tertiary/aromatic N) is 2. The highest BCUT2D eigenvalue weighted by atomic mass is 32.2. The van der Waals surface area contributed by atoms with Gasteiger partial charge in [-0.05, 0) is 32.8 Å². The molecular weight excluding hydrogens is 206 g/mol. The second kappa shape index (κ2) is 4.49. The fourth-order valence-electron chi connectivity index (χ4n) is 1.98. The molecule has 1 aliphatic carbocycles. The number of aromatic nitrogens is 2. The van der Waals surface area contributed by atoms with E-state index < -0.39 is 0 Å². The van der Waals surface area contributed by atoms with Gasteiger partial charge < -0.3 is 5.73 Å². The molecule has 1 heterocycles. The van der Waals surface area contributed by atoms with Crippen LogP contribution < -0.4 is 5.73 Å². The zero-order valence-corrected chi connectivity index (χ0v) is 10.0. The summed E-state index contributed by atoms with van der Waals surface area (Å²) in [6.07, 6.45) is 3.58. The quantitative estimate of drug-likeness (QED) is 0.780. The molecule has 2 atom stereocenters. The molecule has 1 aromatic heterocycles. The molecule has 0 aromatic carbocycles. The lowest BCUT2D eigenvalue weighted by Gasteiger charge is -2.13. The van der Waals surface area contributed by atoms with Crippen LogP contribution in [0.15, 0.2) is 11.2 Å². The largest absolute Gasteiger partial charge is 0.327 e. The molecular formula is C11H17N3S. The summed E-state index contributed by atoms with van der Waals surface area (Å²) in [5.74, 6) is 0. The Kier molecular flexibility index (Phi) is 3.26. The van der Waals surface area contributed by atoms with E-state index in [0.29, 0.717) is 11.3 Å². The topological polar surface area (TPSA) is 51.8 Å². The third kappa shape index (κ3) is 2.69. The molecule has 1 aliphatic rings. The Hall–Kier alpha value is -0.610. The minimum atomic E-state index is 0.319. The van der Waals surface area contributed by atoms with Crippen molar-refractivity contribution < 1.29 is 0 Å². The first-order valence-electron chi connectivity index (χ1n) is 5.39. The van der Waals surface area contributed by atoms with E-state index in [1.165, 1.54) is 12.8 Å². The van der Waals surface area contributed by atoms with Crippen molar-refractivity contribution in [2.45, 2.75) is 49.6 Å². The van der Waals surface area contributed by atoms with Crippen molar-refractivity contribution >= 4 is 11.8 Å². The fourth-order valence-corrected chi connectivity index (χ4v) is 3.24. The van der Waals surface area contributed by atoms with Gasteiger partial charge >= 0.3 is 0 Å². The van der Waals surface area contributed by atoms with Crippen LogP contribution in [0.1, 0.15) is 30.7 Å². The summed E-state index contributed by atoms with van der Waals surface area (Å²) >= 11 is 1.74. The van der Waals surface area contributed by atoms with Crippen LogP contribution in [-0.4, -0.2) is 21.3 Å². The smallest absolute Gasteiger partial charge is 0.188 e. The van der Waals surface area contributed by atoms with Gasteiger partial charge in [-0.3, -0.25) is 0 Å². The van der Waals surface area contributed by atoms with Gasteiger partial charge in [0.05, 0.1) is 0 Å². The van der Waals surface area contributed by atoms with Crippen molar-refractivity contribution in [1.82, 2.24) is 9.97 Å². The van der Waals surface area contributed by atoms with Crippen LogP contribution in [0.4, 0.5) is 0 Å². The van der Waals surface area contributed by atoms with Crippen molar-refractivity contribution in [2.75, 3.05) is 0 Å². The van der Waals surface area contributed by atoms with E-state index in [1.54, 1.807) is 11.8 Å². The Morgan fingerprint density at radius 3 is 2.47 bits per heavy atom. The first kappa shape index (κ1) is 10.9. The van der Waals surface area contributed by atoms with Crippen LogP contribution in [0.3, 0.4) is 0 Å². The van der Waals surface area contributed by atoms with Crippen molar-refractivity contribution in [3.8, 4) is 0 Å². The number of aryl methyl sites for hydroxylation is 2. The summed E-state index contributed by atoms with van der Waals surface area (Å²) in [7, 11) is 0. The van der Waals surface area contributed by atoms with Gasteiger partial charge in [0.15, 0.2) is 5.16 Å². The first-order valence-corrected chi connectivity index (χ1v) is 6.27. The fraction of sp³-hybridized carbons (Fsp3) is 0.636. The Bertz CT molecular complexity index is 333. The zero-order valence-electron chi connectivity index (χ0n) is 9.23. The van der Waals surface area contributed by atoms with Crippen LogP contribution >= 0.6 is 11.8 Å². The highest BCUT2D eigenvalue weighted by molar-refractivity contribution is 7.99. The second-order valence-electron chi connectivity index (χ2n) is 4.18. The van der Waals surface area contributed by atoms with Gasteiger partial charge in [0.25, 0.3) is 0 Å². The van der Waals surface area contributed by atoms with E-state index in [1.807, 2.05) is 19.9 Å². The summed E-state index contributed by atoms with van der Waals surface area (Å²) in [5, 5.41) is 1.39. The van der Waals surface area contributed by atoms with E-state index in [4.69, 9.17) is 5.73 Å². The minimum Gasteiger partial charge on any atom is -0.327 e. The van der Waals surface area contributed by atoms with Gasteiger partial charge in [0.1, 0.15) is 0 Å². The molecule has 0 spiro atoms. The monoisotopic (exact) mass is 223 g/mol. The molecule has 0 saturated heterocycles. The summed E-state index contributed by atoms with van der Waals surface area (Å²) in [4.78, 5) is 8.86. The maximum absolute atomic E-state index is 6.03. The maximum Gasteiger partial charge on any atom is 0.188 e. The molecule has 0 amide bonds. The molecule has 1 fully saturated rings. The number of thioether (sulfide) groups is 1. The van der Waals surface area contributed by atoms with Crippen LogP contribution in [0.2, 0.25) is 0 Å². The van der Waals surface area contributed by atoms with Crippen molar-refractivity contribution in [3.63, 3.8) is 0 Å². The highest BCUT2D eigenvalue weighted by Crippen LogP contribution is 2.32. The van der Waals surface area contributed by atoms with Crippen LogP contribution in [0.25, 0.3) is 0 Å². The second-order valence-corrected chi connectivity index (χ2v) is 5.39. The molecule has 15 heavy (non-hydrogen) atoms.